The maximum absolute atomic E-state index is 6.29. The lowest BCUT2D eigenvalue weighted by Crippen LogP contribution is -2.46. The quantitative estimate of drug-likeness (QED) is 0.927. The van der Waals surface area contributed by atoms with Crippen LogP contribution >= 0.6 is 27.3 Å². The maximum atomic E-state index is 6.29. The predicted molar refractivity (Wildman–Crippen MR) is 75.4 cm³/mol. The van der Waals surface area contributed by atoms with Gasteiger partial charge in [0.2, 0.25) is 0 Å². The van der Waals surface area contributed by atoms with E-state index in [1.54, 1.807) is 18.4 Å². The standard InChI is InChI=1S/C12H19BrN2OS/c1-16-8-7-15-6-2-3-9(14)12(15)10-4-5-11(13)17-10/h4-5,9,12H,2-3,6-8,14H2,1H3. The number of hydrogen-bond donors (Lipinski definition) is 1. The molecule has 2 N–H and O–H groups in total. The third-order valence-electron chi connectivity index (χ3n) is 3.25. The van der Waals surface area contributed by atoms with Gasteiger partial charge in [0.15, 0.2) is 0 Å². The number of rotatable bonds is 4. The molecule has 2 unspecified atom stereocenters. The monoisotopic (exact) mass is 318 g/mol. The molecule has 3 nitrogen and oxygen atoms in total. The molecule has 1 saturated heterocycles. The van der Waals surface area contributed by atoms with Gasteiger partial charge in [-0.15, -0.1) is 11.3 Å². The average Bonchev–Trinajstić information content (AvgIpc) is 2.73. The van der Waals surface area contributed by atoms with E-state index in [0.717, 1.165) is 26.1 Å². The molecule has 1 aliphatic heterocycles. The first-order chi connectivity index (χ1) is 8.22. The Balaban J connectivity index is 2.12. The van der Waals surface area contributed by atoms with Crippen LogP contribution in [0.2, 0.25) is 0 Å². The molecule has 96 valence electrons. The van der Waals surface area contributed by atoms with Crippen LogP contribution in [0, 0.1) is 0 Å². The first-order valence-corrected chi connectivity index (χ1v) is 7.57. The van der Waals surface area contributed by atoms with E-state index in [1.165, 1.54) is 15.1 Å². The highest BCUT2D eigenvalue weighted by Gasteiger charge is 2.30. The summed E-state index contributed by atoms with van der Waals surface area (Å²) in [6.07, 6.45) is 2.30. The Morgan fingerprint density at radius 2 is 2.41 bits per heavy atom. The van der Waals surface area contributed by atoms with Gasteiger partial charge < -0.3 is 10.5 Å². The van der Waals surface area contributed by atoms with Gasteiger partial charge in [0.05, 0.1) is 16.4 Å². The van der Waals surface area contributed by atoms with Crippen molar-refractivity contribution in [2.45, 2.75) is 24.9 Å². The highest BCUT2D eigenvalue weighted by atomic mass is 79.9. The Hall–Kier alpha value is 0.0600. The molecule has 1 aromatic rings. The van der Waals surface area contributed by atoms with Crippen molar-refractivity contribution in [2.75, 3.05) is 26.8 Å². The van der Waals surface area contributed by atoms with Crippen molar-refractivity contribution >= 4 is 27.3 Å². The summed E-state index contributed by atoms with van der Waals surface area (Å²) in [6, 6.07) is 4.89. The van der Waals surface area contributed by atoms with Gasteiger partial charge in [-0.05, 0) is 47.4 Å². The van der Waals surface area contributed by atoms with Crippen LogP contribution < -0.4 is 5.73 Å². The molecule has 0 bridgehead atoms. The Morgan fingerprint density at radius 1 is 1.59 bits per heavy atom. The molecule has 0 saturated carbocycles. The molecular weight excluding hydrogens is 300 g/mol. The minimum absolute atomic E-state index is 0.242. The number of nitrogens with two attached hydrogens (primary N) is 1. The van der Waals surface area contributed by atoms with Crippen LogP contribution in [-0.4, -0.2) is 37.7 Å². The van der Waals surface area contributed by atoms with E-state index in [0.29, 0.717) is 6.04 Å². The molecule has 1 fully saturated rings. The Kier molecular flexibility index (Phi) is 4.99. The van der Waals surface area contributed by atoms with Gasteiger partial charge in [0.25, 0.3) is 0 Å². The lowest BCUT2D eigenvalue weighted by atomic mass is 9.96. The molecule has 2 atom stereocenters. The van der Waals surface area contributed by atoms with Gasteiger partial charge in [0.1, 0.15) is 0 Å². The SMILES string of the molecule is COCCN1CCCC(N)C1c1ccc(Br)s1. The Bertz CT molecular complexity index is 358. The predicted octanol–water partition coefficient (Wildman–Crippen LogP) is 2.62. The van der Waals surface area contributed by atoms with Gasteiger partial charge in [-0.3, -0.25) is 4.90 Å². The molecule has 0 amide bonds. The molecule has 5 heteroatoms. The van der Waals surface area contributed by atoms with Crippen molar-refractivity contribution in [3.63, 3.8) is 0 Å². The van der Waals surface area contributed by atoms with Crippen molar-refractivity contribution in [2.24, 2.45) is 5.73 Å². The minimum Gasteiger partial charge on any atom is -0.383 e. The summed E-state index contributed by atoms with van der Waals surface area (Å²) < 4.78 is 6.36. The molecule has 0 aromatic carbocycles. The van der Waals surface area contributed by atoms with Gasteiger partial charge in [0, 0.05) is 24.6 Å². The van der Waals surface area contributed by atoms with E-state index in [-0.39, 0.29) is 6.04 Å². The second-order valence-electron chi connectivity index (χ2n) is 4.42. The number of likely N-dealkylation sites (tertiary alicyclic amines) is 1. The van der Waals surface area contributed by atoms with E-state index < -0.39 is 0 Å². The first-order valence-electron chi connectivity index (χ1n) is 5.96. The largest absolute Gasteiger partial charge is 0.383 e. The van der Waals surface area contributed by atoms with Crippen LogP contribution in [-0.2, 0) is 4.74 Å². The number of piperidine rings is 1. The van der Waals surface area contributed by atoms with Crippen LogP contribution in [0.5, 0.6) is 0 Å². The van der Waals surface area contributed by atoms with E-state index >= 15 is 0 Å². The van der Waals surface area contributed by atoms with Crippen LogP contribution in [0.25, 0.3) is 0 Å². The summed E-state index contributed by atoms with van der Waals surface area (Å²) in [7, 11) is 1.75. The number of hydrogen-bond acceptors (Lipinski definition) is 4. The van der Waals surface area contributed by atoms with Gasteiger partial charge in [-0.2, -0.15) is 0 Å². The van der Waals surface area contributed by atoms with E-state index in [4.69, 9.17) is 10.5 Å². The first kappa shape index (κ1) is 13.5. The van der Waals surface area contributed by atoms with Crippen molar-refractivity contribution in [1.29, 1.82) is 0 Å². The normalized spacial score (nSPS) is 26.3. The van der Waals surface area contributed by atoms with Gasteiger partial charge >= 0.3 is 0 Å². The number of halogens is 1. The summed E-state index contributed by atoms with van der Waals surface area (Å²) >= 11 is 5.32. The highest BCUT2D eigenvalue weighted by molar-refractivity contribution is 9.11. The summed E-state index contributed by atoms with van der Waals surface area (Å²) in [5.41, 5.74) is 6.29. The Morgan fingerprint density at radius 3 is 3.06 bits per heavy atom. The molecule has 1 aromatic heterocycles. The van der Waals surface area contributed by atoms with Crippen LogP contribution in [0.1, 0.15) is 23.8 Å². The molecule has 17 heavy (non-hydrogen) atoms. The third-order valence-corrected chi connectivity index (χ3v) is 4.94. The number of thiophene rings is 1. The lowest BCUT2D eigenvalue weighted by molar-refractivity contribution is 0.0864. The van der Waals surface area contributed by atoms with Crippen molar-refractivity contribution in [1.82, 2.24) is 4.90 Å². The zero-order valence-electron chi connectivity index (χ0n) is 10.1. The van der Waals surface area contributed by atoms with E-state index in [1.807, 2.05) is 0 Å². The van der Waals surface area contributed by atoms with Gasteiger partial charge in [-0.1, -0.05) is 0 Å². The summed E-state index contributed by atoms with van der Waals surface area (Å²) in [6.45, 7) is 2.86. The smallest absolute Gasteiger partial charge is 0.0702 e. The fraction of sp³-hybridized carbons (Fsp3) is 0.667. The van der Waals surface area contributed by atoms with Gasteiger partial charge in [-0.25, -0.2) is 0 Å². The second kappa shape index (κ2) is 6.29. The zero-order valence-corrected chi connectivity index (χ0v) is 12.5. The second-order valence-corrected chi connectivity index (χ2v) is 6.92. The number of ether oxygens (including phenoxy) is 1. The van der Waals surface area contributed by atoms with Crippen LogP contribution in [0.3, 0.4) is 0 Å². The van der Waals surface area contributed by atoms with Crippen molar-refractivity contribution in [3.05, 3.63) is 20.8 Å². The summed E-state index contributed by atoms with van der Waals surface area (Å²) in [5, 5.41) is 0. The average molecular weight is 319 g/mol. The maximum Gasteiger partial charge on any atom is 0.0702 e. The molecule has 1 aliphatic rings. The lowest BCUT2D eigenvalue weighted by Gasteiger charge is -2.39. The van der Waals surface area contributed by atoms with E-state index in [9.17, 15) is 0 Å². The fourth-order valence-electron chi connectivity index (χ4n) is 2.44. The number of nitrogens with zero attached hydrogens (tertiary/aromatic N) is 1. The highest BCUT2D eigenvalue weighted by Crippen LogP contribution is 2.35. The van der Waals surface area contributed by atoms with Crippen LogP contribution in [0.15, 0.2) is 15.9 Å². The zero-order chi connectivity index (χ0) is 12.3. The van der Waals surface area contributed by atoms with E-state index in [2.05, 4.69) is 33.0 Å². The molecule has 0 aliphatic carbocycles. The minimum atomic E-state index is 0.242. The molecule has 0 radical (unpaired) electrons. The fourth-order valence-corrected chi connectivity index (χ4v) is 4.07. The topological polar surface area (TPSA) is 38.5 Å². The third kappa shape index (κ3) is 3.29. The van der Waals surface area contributed by atoms with Crippen LogP contribution in [0.4, 0.5) is 0 Å². The Labute approximate surface area is 115 Å². The van der Waals surface area contributed by atoms with Crippen molar-refractivity contribution < 1.29 is 4.74 Å². The summed E-state index contributed by atoms with van der Waals surface area (Å²) in [4.78, 5) is 3.82. The number of methoxy groups -OCH3 is 1. The molecule has 0 spiro atoms. The molecule has 2 heterocycles. The molecule has 2 rings (SSSR count). The summed E-state index contributed by atoms with van der Waals surface area (Å²) in [5.74, 6) is 0. The van der Waals surface area contributed by atoms with Crippen molar-refractivity contribution in [3.8, 4) is 0 Å². The molecular formula is C12H19BrN2OS.